The van der Waals surface area contributed by atoms with Crippen LogP contribution in [0.25, 0.3) is 0 Å². The summed E-state index contributed by atoms with van der Waals surface area (Å²) in [6.45, 7) is 1.62. The van der Waals surface area contributed by atoms with Crippen molar-refractivity contribution in [3.63, 3.8) is 0 Å². The summed E-state index contributed by atoms with van der Waals surface area (Å²) in [6, 6.07) is 0. The molecule has 0 aliphatic heterocycles. The van der Waals surface area contributed by atoms with Gasteiger partial charge in [0.2, 0.25) is 0 Å². The molecule has 0 fully saturated rings. The molecule has 0 amide bonds. The van der Waals surface area contributed by atoms with Crippen molar-refractivity contribution in [1.82, 2.24) is 15.1 Å². The molecule has 1 rings (SSSR count). The van der Waals surface area contributed by atoms with Crippen molar-refractivity contribution >= 4 is 17.4 Å². The third kappa shape index (κ3) is 6.85. The van der Waals surface area contributed by atoms with E-state index in [9.17, 15) is 15.2 Å². The van der Waals surface area contributed by atoms with Crippen LogP contribution in [0.15, 0.2) is 12.4 Å². The largest absolute Gasteiger partial charge is 0.396 e. The summed E-state index contributed by atoms with van der Waals surface area (Å²) in [7, 11) is 0. The fourth-order valence-corrected chi connectivity index (χ4v) is 2.33. The van der Waals surface area contributed by atoms with E-state index in [2.05, 4.69) is 10.4 Å². The second-order valence-corrected chi connectivity index (χ2v) is 5.45. The Bertz CT molecular complexity index is 402. The van der Waals surface area contributed by atoms with Gasteiger partial charge in [0.1, 0.15) is 12.4 Å². The normalized spacial score (nSPS) is 12.5. The molecule has 1 aromatic heterocycles. The van der Waals surface area contributed by atoms with Crippen LogP contribution < -0.4 is 5.32 Å². The summed E-state index contributed by atoms with van der Waals surface area (Å²) in [6.07, 6.45) is 2.62. The molecule has 0 spiro atoms. The molecule has 20 heavy (non-hydrogen) atoms. The van der Waals surface area contributed by atoms with Crippen molar-refractivity contribution in [2.24, 2.45) is 0 Å². The van der Waals surface area contributed by atoms with Gasteiger partial charge in [-0.05, 0) is 12.2 Å². The van der Waals surface area contributed by atoms with Crippen LogP contribution in [0.3, 0.4) is 0 Å². The van der Waals surface area contributed by atoms with Crippen molar-refractivity contribution in [3.8, 4) is 0 Å². The van der Waals surface area contributed by atoms with Gasteiger partial charge in [-0.2, -0.15) is 16.9 Å². The molecule has 1 heterocycles. The smallest absolute Gasteiger partial charge is 0.306 e. The van der Waals surface area contributed by atoms with E-state index in [1.54, 1.807) is 11.8 Å². The standard InChI is InChI=1S/C11H20N4O4S/c16-3-1-4-20-5-2-12-7-11(17)9-14-8-10(6-13-14)15(18)19/h6,8,11-12,16-17H,1-5,7,9H2. The van der Waals surface area contributed by atoms with Gasteiger partial charge >= 0.3 is 5.69 Å². The van der Waals surface area contributed by atoms with Crippen LogP contribution in [0.1, 0.15) is 6.42 Å². The minimum atomic E-state index is -0.642. The molecule has 0 saturated carbocycles. The lowest BCUT2D eigenvalue weighted by atomic mass is 10.3. The average Bonchev–Trinajstić information content (AvgIpc) is 2.86. The number of nitrogens with zero attached hydrogens (tertiary/aromatic N) is 3. The number of nitro groups is 1. The first-order valence-corrected chi connectivity index (χ1v) is 7.53. The molecule has 3 N–H and O–H groups in total. The quantitative estimate of drug-likeness (QED) is 0.296. The Hall–Kier alpha value is -1.16. The number of nitrogens with one attached hydrogen (secondary N) is 1. The summed E-state index contributed by atoms with van der Waals surface area (Å²) in [5.74, 6) is 1.84. The van der Waals surface area contributed by atoms with Crippen LogP contribution in [-0.4, -0.2) is 62.2 Å². The summed E-state index contributed by atoms with van der Waals surface area (Å²) in [5.41, 5.74) is -0.0783. The van der Waals surface area contributed by atoms with Gasteiger partial charge in [0.25, 0.3) is 0 Å². The number of hydrogen-bond acceptors (Lipinski definition) is 7. The van der Waals surface area contributed by atoms with Crippen LogP contribution >= 0.6 is 11.8 Å². The second kappa shape index (κ2) is 9.70. The lowest BCUT2D eigenvalue weighted by Crippen LogP contribution is -2.31. The van der Waals surface area contributed by atoms with Crippen LogP contribution in [0.5, 0.6) is 0 Å². The fraction of sp³-hybridized carbons (Fsp3) is 0.727. The van der Waals surface area contributed by atoms with Crippen LogP contribution in [0.4, 0.5) is 5.69 Å². The zero-order valence-corrected chi connectivity index (χ0v) is 12.0. The zero-order valence-electron chi connectivity index (χ0n) is 11.1. The van der Waals surface area contributed by atoms with Gasteiger partial charge in [-0.25, -0.2) is 0 Å². The Morgan fingerprint density at radius 1 is 1.55 bits per heavy atom. The molecule has 0 saturated heterocycles. The predicted octanol–water partition coefficient (Wildman–Crippen LogP) is -0.143. The number of aliphatic hydroxyl groups is 2. The molecular weight excluding hydrogens is 284 g/mol. The molecule has 1 atom stereocenters. The molecule has 8 nitrogen and oxygen atoms in total. The molecule has 0 aromatic carbocycles. The number of aromatic nitrogens is 2. The summed E-state index contributed by atoms with van der Waals surface area (Å²) in [4.78, 5) is 9.96. The van der Waals surface area contributed by atoms with E-state index >= 15 is 0 Å². The van der Waals surface area contributed by atoms with Crippen LogP contribution in [0, 0.1) is 10.1 Å². The van der Waals surface area contributed by atoms with Crippen molar-refractivity contribution in [2.45, 2.75) is 19.1 Å². The third-order valence-electron chi connectivity index (χ3n) is 2.48. The molecule has 1 aromatic rings. The highest BCUT2D eigenvalue weighted by Gasteiger charge is 2.11. The number of thioether (sulfide) groups is 1. The minimum Gasteiger partial charge on any atom is -0.396 e. The first kappa shape index (κ1) is 16.9. The van der Waals surface area contributed by atoms with E-state index in [1.165, 1.54) is 10.9 Å². The van der Waals surface area contributed by atoms with Gasteiger partial charge in [-0.15, -0.1) is 0 Å². The fourth-order valence-electron chi connectivity index (χ4n) is 1.51. The van der Waals surface area contributed by atoms with Gasteiger partial charge in [-0.3, -0.25) is 14.8 Å². The van der Waals surface area contributed by atoms with E-state index in [1.807, 2.05) is 0 Å². The average molecular weight is 304 g/mol. The summed E-state index contributed by atoms with van der Waals surface area (Å²) >= 11 is 1.74. The SMILES string of the molecule is O=[N+]([O-])c1cnn(CC(O)CNCCSCCCO)c1. The maximum absolute atomic E-state index is 10.5. The lowest BCUT2D eigenvalue weighted by molar-refractivity contribution is -0.385. The van der Waals surface area contributed by atoms with Crippen molar-refractivity contribution in [1.29, 1.82) is 0 Å². The molecule has 0 aliphatic carbocycles. The van der Waals surface area contributed by atoms with E-state index in [0.717, 1.165) is 30.7 Å². The van der Waals surface area contributed by atoms with Gasteiger partial charge in [0.05, 0.1) is 17.6 Å². The molecule has 0 aliphatic rings. The molecular formula is C11H20N4O4S. The van der Waals surface area contributed by atoms with Gasteiger partial charge in [-0.1, -0.05) is 0 Å². The Morgan fingerprint density at radius 2 is 2.35 bits per heavy atom. The monoisotopic (exact) mass is 304 g/mol. The topological polar surface area (TPSA) is 113 Å². The van der Waals surface area contributed by atoms with E-state index in [4.69, 9.17) is 5.11 Å². The first-order valence-electron chi connectivity index (χ1n) is 6.37. The van der Waals surface area contributed by atoms with Crippen molar-refractivity contribution in [2.75, 3.05) is 31.2 Å². The summed E-state index contributed by atoms with van der Waals surface area (Å²) < 4.78 is 1.36. The molecule has 1 unspecified atom stereocenters. The Kier molecular flexibility index (Phi) is 8.19. The number of hydrogen-bond donors (Lipinski definition) is 3. The van der Waals surface area contributed by atoms with Crippen LogP contribution in [0.2, 0.25) is 0 Å². The zero-order chi connectivity index (χ0) is 14.8. The Morgan fingerprint density at radius 3 is 3.00 bits per heavy atom. The maximum atomic E-state index is 10.5. The Labute approximate surface area is 121 Å². The molecule has 114 valence electrons. The summed E-state index contributed by atoms with van der Waals surface area (Å²) in [5, 5.41) is 35.8. The number of rotatable bonds is 11. The van der Waals surface area contributed by atoms with Crippen molar-refractivity contribution < 1.29 is 15.1 Å². The minimum absolute atomic E-state index is 0.0783. The Balaban J connectivity index is 2.10. The van der Waals surface area contributed by atoms with Crippen molar-refractivity contribution in [3.05, 3.63) is 22.5 Å². The highest BCUT2D eigenvalue weighted by atomic mass is 32.2. The van der Waals surface area contributed by atoms with Crippen LogP contribution in [-0.2, 0) is 6.54 Å². The van der Waals surface area contributed by atoms with Gasteiger partial charge < -0.3 is 15.5 Å². The van der Waals surface area contributed by atoms with Gasteiger partial charge in [0.15, 0.2) is 0 Å². The maximum Gasteiger partial charge on any atom is 0.306 e. The molecule has 0 radical (unpaired) electrons. The van der Waals surface area contributed by atoms with E-state index in [0.29, 0.717) is 6.54 Å². The molecule has 9 heteroatoms. The highest BCUT2D eigenvalue weighted by molar-refractivity contribution is 7.99. The van der Waals surface area contributed by atoms with E-state index < -0.39 is 11.0 Å². The second-order valence-electron chi connectivity index (χ2n) is 4.23. The highest BCUT2D eigenvalue weighted by Crippen LogP contribution is 2.07. The number of aliphatic hydroxyl groups excluding tert-OH is 2. The first-order chi connectivity index (χ1) is 9.63. The predicted molar refractivity (Wildman–Crippen MR) is 76.8 cm³/mol. The molecule has 0 bridgehead atoms. The lowest BCUT2D eigenvalue weighted by Gasteiger charge is -2.11. The third-order valence-corrected chi connectivity index (χ3v) is 3.55. The van der Waals surface area contributed by atoms with E-state index in [-0.39, 0.29) is 18.8 Å². The van der Waals surface area contributed by atoms with Gasteiger partial charge in [0, 0.05) is 25.4 Å².